The minimum Gasteiger partial charge on any atom is -0.486 e. The average molecular weight is 247 g/mol. The molecule has 0 aromatic heterocycles. The van der Waals surface area contributed by atoms with Crippen molar-refractivity contribution in [1.29, 1.82) is 0 Å². The van der Waals surface area contributed by atoms with Crippen LogP contribution in [0.2, 0.25) is 0 Å². The van der Waals surface area contributed by atoms with E-state index in [0.29, 0.717) is 11.5 Å². The zero-order chi connectivity index (χ0) is 12.5. The van der Waals surface area contributed by atoms with Crippen molar-refractivity contribution in [1.82, 2.24) is 0 Å². The van der Waals surface area contributed by atoms with Gasteiger partial charge in [-0.1, -0.05) is 12.1 Å². The van der Waals surface area contributed by atoms with Gasteiger partial charge in [-0.3, -0.25) is 0 Å². The van der Waals surface area contributed by atoms with Crippen molar-refractivity contribution in [3.05, 3.63) is 24.3 Å². The van der Waals surface area contributed by atoms with Crippen molar-refractivity contribution < 1.29 is 22.6 Å². The summed E-state index contributed by atoms with van der Waals surface area (Å²) in [5, 5.41) is 0. The van der Waals surface area contributed by atoms with E-state index in [2.05, 4.69) is 0 Å². The molecule has 94 valence electrons. The maximum atomic E-state index is 12.7. The zero-order valence-corrected chi connectivity index (χ0v) is 8.91. The third-order valence-electron chi connectivity index (χ3n) is 2.65. The maximum absolute atomic E-state index is 12.7. The molecule has 0 fully saturated rings. The third kappa shape index (κ3) is 2.46. The SMILES string of the molecule is NCC(C1COc2ccccc2O1)C(F)(F)F. The summed E-state index contributed by atoms with van der Waals surface area (Å²) >= 11 is 0. The Morgan fingerprint density at radius 1 is 1.29 bits per heavy atom. The lowest BCUT2D eigenvalue weighted by atomic mass is 10.0. The van der Waals surface area contributed by atoms with Crippen LogP contribution in [0.3, 0.4) is 0 Å². The molecule has 1 aliphatic rings. The van der Waals surface area contributed by atoms with Gasteiger partial charge < -0.3 is 15.2 Å². The van der Waals surface area contributed by atoms with Gasteiger partial charge in [-0.15, -0.1) is 0 Å². The number of para-hydroxylation sites is 2. The van der Waals surface area contributed by atoms with E-state index in [9.17, 15) is 13.2 Å². The summed E-state index contributed by atoms with van der Waals surface area (Å²) in [4.78, 5) is 0. The van der Waals surface area contributed by atoms with Crippen molar-refractivity contribution in [2.75, 3.05) is 13.2 Å². The molecule has 2 rings (SSSR count). The lowest BCUT2D eigenvalue weighted by molar-refractivity contribution is -0.198. The molecule has 0 saturated heterocycles. The fourth-order valence-corrected chi connectivity index (χ4v) is 1.73. The van der Waals surface area contributed by atoms with Crippen molar-refractivity contribution in [2.24, 2.45) is 11.7 Å². The zero-order valence-electron chi connectivity index (χ0n) is 8.91. The summed E-state index contributed by atoms with van der Waals surface area (Å²) in [7, 11) is 0. The monoisotopic (exact) mass is 247 g/mol. The minimum atomic E-state index is -4.38. The molecule has 3 nitrogen and oxygen atoms in total. The third-order valence-corrected chi connectivity index (χ3v) is 2.65. The predicted octanol–water partition coefficient (Wildman–Crippen LogP) is 1.96. The molecule has 1 aromatic carbocycles. The topological polar surface area (TPSA) is 44.5 Å². The predicted molar refractivity (Wildman–Crippen MR) is 55.0 cm³/mol. The quantitative estimate of drug-likeness (QED) is 0.868. The molecular weight excluding hydrogens is 235 g/mol. The largest absolute Gasteiger partial charge is 0.486 e. The molecule has 0 spiro atoms. The van der Waals surface area contributed by atoms with Crippen LogP contribution in [0, 0.1) is 5.92 Å². The highest BCUT2D eigenvalue weighted by atomic mass is 19.4. The fourth-order valence-electron chi connectivity index (χ4n) is 1.73. The van der Waals surface area contributed by atoms with Crippen LogP contribution in [0.5, 0.6) is 11.5 Å². The van der Waals surface area contributed by atoms with Gasteiger partial charge in [0.25, 0.3) is 0 Å². The first-order valence-corrected chi connectivity index (χ1v) is 5.17. The summed E-state index contributed by atoms with van der Waals surface area (Å²) in [6.07, 6.45) is -5.47. The molecule has 2 atom stereocenters. The minimum absolute atomic E-state index is 0.140. The Bertz CT molecular complexity index is 395. The first-order valence-electron chi connectivity index (χ1n) is 5.17. The van der Waals surface area contributed by atoms with Crippen LogP contribution in [0.15, 0.2) is 24.3 Å². The van der Waals surface area contributed by atoms with Crippen LogP contribution in [0.1, 0.15) is 0 Å². The van der Waals surface area contributed by atoms with Crippen LogP contribution >= 0.6 is 0 Å². The van der Waals surface area contributed by atoms with E-state index in [1.807, 2.05) is 0 Å². The smallest absolute Gasteiger partial charge is 0.396 e. The summed E-state index contributed by atoms with van der Waals surface area (Å²) in [6, 6.07) is 6.63. The first kappa shape index (κ1) is 12.0. The van der Waals surface area contributed by atoms with Crippen molar-refractivity contribution in [3.8, 4) is 11.5 Å². The highest BCUT2D eigenvalue weighted by Gasteiger charge is 2.46. The molecular formula is C11H12F3NO2. The summed E-state index contributed by atoms with van der Waals surface area (Å²) < 4.78 is 48.5. The second-order valence-corrected chi connectivity index (χ2v) is 3.80. The molecule has 0 radical (unpaired) electrons. The van der Waals surface area contributed by atoms with Crippen molar-refractivity contribution in [2.45, 2.75) is 12.3 Å². The standard InChI is InChI=1S/C11H12F3NO2/c12-11(13,14)7(5-15)10-6-16-8-3-1-2-4-9(8)17-10/h1-4,7,10H,5-6,15H2. The Morgan fingerprint density at radius 2 is 1.94 bits per heavy atom. The normalized spacial score (nSPS) is 21.1. The van der Waals surface area contributed by atoms with E-state index in [1.165, 1.54) is 0 Å². The van der Waals surface area contributed by atoms with Crippen LogP contribution in [-0.2, 0) is 0 Å². The lowest BCUT2D eigenvalue weighted by Gasteiger charge is -2.32. The van der Waals surface area contributed by atoms with E-state index in [1.54, 1.807) is 24.3 Å². The van der Waals surface area contributed by atoms with Gasteiger partial charge in [-0.05, 0) is 12.1 Å². The van der Waals surface area contributed by atoms with Crippen LogP contribution < -0.4 is 15.2 Å². The van der Waals surface area contributed by atoms with Gasteiger partial charge in [0.15, 0.2) is 11.5 Å². The van der Waals surface area contributed by atoms with E-state index in [-0.39, 0.29) is 6.61 Å². The molecule has 1 aliphatic heterocycles. The molecule has 17 heavy (non-hydrogen) atoms. The number of hydrogen-bond acceptors (Lipinski definition) is 3. The van der Waals surface area contributed by atoms with E-state index >= 15 is 0 Å². The van der Waals surface area contributed by atoms with Crippen molar-refractivity contribution in [3.63, 3.8) is 0 Å². The Morgan fingerprint density at radius 3 is 2.53 bits per heavy atom. The number of nitrogens with two attached hydrogens (primary N) is 1. The molecule has 1 heterocycles. The van der Waals surface area contributed by atoms with E-state index in [0.717, 1.165) is 0 Å². The molecule has 2 N–H and O–H groups in total. The number of hydrogen-bond donors (Lipinski definition) is 1. The van der Waals surface area contributed by atoms with Crippen LogP contribution in [-0.4, -0.2) is 25.4 Å². The summed E-state index contributed by atoms with van der Waals surface area (Å²) in [6.45, 7) is -0.655. The highest BCUT2D eigenvalue weighted by Crippen LogP contribution is 2.36. The maximum Gasteiger partial charge on any atom is 0.396 e. The average Bonchev–Trinajstić information content (AvgIpc) is 2.28. The van der Waals surface area contributed by atoms with Gasteiger partial charge in [0.2, 0.25) is 0 Å². The Hall–Kier alpha value is -1.43. The number of rotatable bonds is 2. The van der Waals surface area contributed by atoms with Gasteiger partial charge in [0.1, 0.15) is 18.6 Å². The molecule has 1 aromatic rings. The van der Waals surface area contributed by atoms with Crippen LogP contribution in [0.25, 0.3) is 0 Å². The molecule has 2 unspecified atom stereocenters. The van der Waals surface area contributed by atoms with Gasteiger partial charge in [-0.2, -0.15) is 13.2 Å². The van der Waals surface area contributed by atoms with E-state index in [4.69, 9.17) is 15.2 Å². The number of fused-ring (bicyclic) bond motifs is 1. The van der Waals surface area contributed by atoms with Crippen LogP contribution in [0.4, 0.5) is 13.2 Å². The number of alkyl halides is 3. The molecule has 0 saturated carbocycles. The highest BCUT2D eigenvalue weighted by molar-refractivity contribution is 5.40. The summed E-state index contributed by atoms with van der Waals surface area (Å²) in [5.41, 5.74) is 5.15. The fraction of sp³-hybridized carbons (Fsp3) is 0.455. The van der Waals surface area contributed by atoms with Crippen molar-refractivity contribution >= 4 is 0 Å². The van der Waals surface area contributed by atoms with Gasteiger partial charge >= 0.3 is 6.18 Å². The van der Waals surface area contributed by atoms with Gasteiger partial charge in [-0.25, -0.2) is 0 Å². The lowest BCUT2D eigenvalue weighted by Crippen LogP contribution is -2.47. The van der Waals surface area contributed by atoms with Gasteiger partial charge in [0.05, 0.1) is 0 Å². The second-order valence-electron chi connectivity index (χ2n) is 3.80. The Labute approximate surface area is 96.3 Å². The number of ether oxygens (including phenoxy) is 2. The second kappa shape index (κ2) is 4.44. The van der Waals surface area contributed by atoms with E-state index < -0.39 is 24.7 Å². The Kier molecular flexibility index (Phi) is 3.15. The first-order chi connectivity index (χ1) is 8.02. The number of halogens is 3. The number of benzene rings is 1. The molecule has 0 bridgehead atoms. The molecule has 6 heteroatoms. The van der Waals surface area contributed by atoms with Gasteiger partial charge in [0, 0.05) is 6.54 Å². The summed E-state index contributed by atoms with van der Waals surface area (Å²) in [5.74, 6) is -0.927. The molecule has 0 aliphatic carbocycles. The molecule has 0 amide bonds. The Balaban J connectivity index is 2.16.